The van der Waals surface area contributed by atoms with Gasteiger partial charge in [0, 0.05) is 34.7 Å². The van der Waals surface area contributed by atoms with E-state index >= 15 is 0 Å². The van der Waals surface area contributed by atoms with Crippen molar-refractivity contribution in [3.05, 3.63) is 64.7 Å². The Hall–Kier alpha value is -4.69. The molecule has 1 aliphatic heterocycles. The summed E-state index contributed by atoms with van der Waals surface area (Å²) in [5.41, 5.74) is 3.72. The number of benzene rings is 2. The smallest absolute Gasteiger partial charge is 0.328 e. The highest BCUT2D eigenvalue weighted by molar-refractivity contribution is 7.13. The highest BCUT2D eigenvalue weighted by Gasteiger charge is 2.46. The quantitative estimate of drug-likeness (QED) is 0.160. The van der Waals surface area contributed by atoms with Crippen LogP contribution in [0.15, 0.2) is 47.8 Å². The Bertz CT molecular complexity index is 1880. The topological polar surface area (TPSA) is 124 Å². The monoisotopic (exact) mass is 682 g/mol. The van der Waals surface area contributed by atoms with Crippen molar-refractivity contribution in [2.24, 2.45) is 5.92 Å². The molecule has 0 N–H and O–H groups in total. The fourth-order valence-electron chi connectivity index (χ4n) is 6.88. The zero-order chi connectivity index (χ0) is 34.7. The third-order valence-electron chi connectivity index (χ3n) is 9.56. The van der Waals surface area contributed by atoms with Crippen molar-refractivity contribution < 1.29 is 28.5 Å². The summed E-state index contributed by atoms with van der Waals surface area (Å²) >= 11 is 1.53. The lowest BCUT2D eigenvalue weighted by Crippen LogP contribution is -2.50. The maximum Gasteiger partial charge on any atom is 0.328 e. The molecule has 2 aromatic heterocycles. The first-order valence-corrected chi connectivity index (χ1v) is 17.7. The molecule has 0 bridgehead atoms. The number of pyridine rings is 1. The molecule has 4 aromatic rings. The van der Waals surface area contributed by atoms with E-state index in [-0.39, 0.29) is 30.7 Å². The number of aromatic nitrogens is 2. The van der Waals surface area contributed by atoms with Gasteiger partial charge in [-0.15, -0.1) is 11.3 Å². The van der Waals surface area contributed by atoms with Gasteiger partial charge in [0.1, 0.15) is 40.1 Å². The summed E-state index contributed by atoms with van der Waals surface area (Å²) in [7, 11) is 2.96. The van der Waals surface area contributed by atoms with Gasteiger partial charge in [-0.25, -0.2) is 14.8 Å². The predicted molar refractivity (Wildman–Crippen MR) is 187 cm³/mol. The molecule has 0 spiro atoms. The van der Waals surface area contributed by atoms with Crippen LogP contribution >= 0.6 is 11.3 Å². The number of hydrogen-bond donors (Lipinski definition) is 0. The summed E-state index contributed by atoms with van der Waals surface area (Å²) in [5.74, 6) is 1.22. The number of carbonyl (C=O) groups is 2. The molecule has 2 fully saturated rings. The van der Waals surface area contributed by atoms with E-state index in [2.05, 4.69) is 19.9 Å². The third kappa shape index (κ3) is 7.20. The van der Waals surface area contributed by atoms with Gasteiger partial charge in [0.15, 0.2) is 6.10 Å². The van der Waals surface area contributed by atoms with Crippen molar-refractivity contribution in [2.75, 3.05) is 20.8 Å². The lowest BCUT2D eigenvalue weighted by molar-refractivity contribution is -0.155. The summed E-state index contributed by atoms with van der Waals surface area (Å²) in [4.78, 5) is 39.1. The number of nitriles is 1. The van der Waals surface area contributed by atoms with Crippen LogP contribution in [0.5, 0.6) is 17.2 Å². The highest BCUT2D eigenvalue weighted by atomic mass is 32.1. The molecule has 1 saturated carbocycles. The minimum atomic E-state index is -0.843. The van der Waals surface area contributed by atoms with Gasteiger partial charge in [0.05, 0.1) is 43.6 Å². The van der Waals surface area contributed by atoms with E-state index in [0.717, 1.165) is 59.3 Å². The summed E-state index contributed by atoms with van der Waals surface area (Å²) in [6.07, 6.45) is 3.73. The van der Waals surface area contributed by atoms with Gasteiger partial charge in [-0.05, 0) is 56.0 Å². The Morgan fingerprint density at radius 3 is 2.53 bits per heavy atom. The molecule has 1 amide bonds. The molecular formula is C38H42N4O6S. The number of esters is 1. The van der Waals surface area contributed by atoms with Crippen LogP contribution in [-0.4, -0.2) is 65.8 Å². The summed E-state index contributed by atoms with van der Waals surface area (Å²) in [6.45, 7) is 6.35. The van der Waals surface area contributed by atoms with Crippen LogP contribution in [0.25, 0.3) is 21.6 Å². The van der Waals surface area contributed by atoms with E-state index in [4.69, 9.17) is 28.9 Å². The molecule has 11 heteroatoms. The third-order valence-corrected chi connectivity index (χ3v) is 10.4. The van der Waals surface area contributed by atoms with Crippen LogP contribution in [0.2, 0.25) is 0 Å². The number of ether oxygens (including phenoxy) is 4. The largest absolute Gasteiger partial charge is 0.496 e. The molecule has 0 unspecified atom stereocenters. The minimum Gasteiger partial charge on any atom is -0.496 e. The molecule has 3 atom stereocenters. The second-order valence-corrected chi connectivity index (χ2v) is 14.0. The standard InChI is InChI=1S/C38H42N4O6S/c1-22(2)30-21-49-36(41-30)29-18-33(28-14-15-32(45-4)23(3)34(28)40-29)47-27-17-31(38(44)46-5)42(20-27)37(43)35(25-11-7-6-8-12-25)48-26-13-9-10-24(16-26)19-39/h9-10,13-16,18,21-22,25,27,31,35H,6-8,11-12,17,20H2,1-5H3/t27-,31+,35+/m1/s1. The molecule has 2 aliphatic rings. The molecule has 10 nitrogen and oxygen atoms in total. The van der Waals surface area contributed by atoms with Crippen LogP contribution in [0.1, 0.15) is 75.1 Å². The molecule has 1 saturated heterocycles. The predicted octanol–water partition coefficient (Wildman–Crippen LogP) is 7.22. The Kier molecular flexibility index (Phi) is 10.3. The number of aryl methyl sites for hydroxylation is 1. The van der Waals surface area contributed by atoms with Crippen molar-refractivity contribution in [1.29, 1.82) is 5.26 Å². The summed E-state index contributed by atoms with van der Waals surface area (Å²) in [6, 6.07) is 13.8. The molecule has 49 heavy (non-hydrogen) atoms. The fraction of sp³-hybridized carbons (Fsp3) is 0.447. The van der Waals surface area contributed by atoms with Crippen molar-refractivity contribution >= 4 is 34.1 Å². The van der Waals surface area contributed by atoms with Crippen molar-refractivity contribution in [3.8, 4) is 34.0 Å². The normalized spacial score (nSPS) is 18.7. The number of hydrogen-bond acceptors (Lipinski definition) is 10. The van der Waals surface area contributed by atoms with Gasteiger partial charge in [0.2, 0.25) is 0 Å². The number of thiazole rings is 1. The zero-order valence-corrected chi connectivity index (χ0v) is 29.4. The van der Waals surface area contributed by atoms with Gasteiger partial charge in [0.25, 0.3) is 5.91 Å². The van der Waals surface area contributed by atoms with Gasteiger partial charge < -0.3 is 23.8 Å². The first kappa shape index (κ1) is 34.2. The number of methoxy groups -OCH3 is 2. The number of likely N-dealkylation sites (tertiary alicyclic amines) is 1. The number of nitrogens with zero attached hydrogens (tertiary/aromatic N) is 4. The van der Waals surface area contributed by atoms with Gasteiger partial charge in [-0.1, -0.05) is 39.2 Å². The Morgan fingerprint density at radius 1 is 1.04 bits per heavy atom. The van der Waals surface area contributed by atoms with Crippen LogP contribution in [0.4, 0.5) is 0 Å². The van der Waals surface area contributed by atoms with E-state index in [1.165, 1.54) is 18.4 Å². The summed E-state index contributed by atoms with van der Waals surface area (Å²) < 4.78 is 23.9. The number of amides is 1. The maximum absolute atomic E-state index is 14.5. The number of carbonyl (C=O) groups excluding carboxylic acids is 2. The van der Waals surface area contributed by atoms with Crippen molar-refractivity contribution in [3.63, 3.8) is 0 Å². The molecular weight excluding hydrogens is 641 g/mol. The van der Waals surface area contributed by atoms with Crippen LogP contribution < -0.4 is 14.2 Å². The van der Waals surface area contributed by atoms with E-state index in [9.17, 15) is 14.9 Å². The van der Waals surface area contributed by atoms with Crippen LogP contribution in [0, 0.1) is 24.2 Å². The molecule has 0 radical (unpaired) electrons. The van der Waals surface area contributed by atoms with Crippen LogP contribution in [0.3, 0.4) is 0 Å². The number of fused-ring (bicyclic) bond motifs is 1. The second-order valence-electron chi connectivity index (χ2n) is 13.1. The lowest BCUT2D eigenvalue weighted by Gasteiger charge is -2.34. The molecule has 2 aromatic carbocycles. The summed E-state index contributed by atoms with van der Waals surface area (Å²) in [5, 5.41) is 13.1. The zero-order valence-electron chi connectivity index (χ0n) is 28.6. The van der Waals surface area contributed by atoms with Crippen molar-refractivity contribution in [2.45, 2.75) is 83.5 Å². The van der Waals surface area contributed by atoms with E-state index in [0.29, 0.717) is 28.5 Å². The van der Waals surface area contributed by atoms with E-state index < -0.39 is 24.2 Å². The molecule has 1 aliphatic carbocycles. The second kappa shape index (κ2) is 14.8. The van der Waals surface area contributed by atoms with Gasteiger partial charge in [-0.2, -0.15) is 5.26 Å². The van der Waals surface area contributed by atoms with Gasteiger partial charge >= 0.3 is 5.97 Å². The first-order valence-electron chi connectivity index (χ1n) is 16.9. The Labute approximate surface area is 291 Å². The average molecular weight is 683 g/mol. The number of rotatable bonds is 10. The average Bonchev–Trinajstić information content (AvgIpc) is 3.79. The maximum atomic E-state index is 14.5. The fourth-order valence-corrected chi connectivity index (χ4v) is 7.82. The minimum absolute atomic E-state index is 0.0241. The van der Waals surface area contributed by atoms with Gasteiger partial charge in [-0.3, -0.25) is 4.79 Å². The lowest BCUT2D eigenvalue weighted by atomic mass is 9.84. The van der Waals surface area contributed by atoms with E-state index in [1.54, 1.807) is 36.3 Å². The van der Waals surface area contributed by atoms with E-state index in [1.807, 2.05) is 30.5 Å². The molecule has 3 heterocycles. The Balaban J connectivity index is 1.34. The first-order chi connectivity index (χ1) is 23.7. The molecule has 256 valence electrons. The highest BCUT2D eigenvalue weighted by Crippen LogP contribution is 2.39. The van der Waals surface area contributed by atoms with Crippen molar-refractivity contribution in [1.82, 2.24) is 14.9 Å². The SMILES string of the molecule is COC(=O)[C@@H]1C[C@@H](Oc2cc(-c3nc(C(C)C)cs3)nc3c(C)c(OC)ccc23)CN1C(=O)[C@@H](Oc1cccc(C#N)c1)C1CCCCC1. The Morgan fingerprint density at radius 2 is 1.84 bits per heavy atom. The van der Waals surface area contributed by atoms with Crippen LogP contribution in [-0.2, 0) is 14.3 Å². The molecule has 6 rings (SSSR count).